The summed E-state index contributed by atoms with van der Waals surface area (Å²) in [4.78, 5) is 22.8. The fourth-order valence-electron chi connectivity index (χ4n) is 1.97. The zero-order valence-corrected chi connectivity index (χ0v) is 11.0. The number of pyridine rings is 1. The van der Waals surface area contributed by atoms with E-state index >= 15 is 0 Å². The zero-order chi connectivity index (χ0) is 14.2. The van der Waals surface area contributed by atoms with Gasteiger partial charge in [0, 0.05) is 18.5 Å². The number of hydrogen-bond donors (Lipinski definition) is 1. The van der Waals surface area contributed by atoms with Gasteiger partial charge in [-0.15, -0.1) is 0 Å². The van der Waals surface area contributed by atoms with Crippen LogP contribution < -0.4 is 10.3 Å². The first-order chi connectivity index (χ1) is 8.90. The van der Waals surface area contributed by atoms with Gasteiger partial charge in [-0.2, -0.15) is 0 Å². The first kappa shape index (κ1) is 13.1. The van der Waals surface area contributed by atoms with E-state index in [1.54, 1.807) is 13.1 Å². The summed E-state index contributed by atoms with van der Waals surface area (Å²) in [6.07, 6.45) is -0.109. The van der Waals surface area contributed by atoms with E-state index in [0.717, 1.165) is 0 Å². The third-order valence-corrected chi connectivity index (χ3v) is 2.79. The van der Waals surface area contributed by atoms with E-state index in [1.165, 1.54) is 22.8 Å². The van der Waals surface area contributed by atoms with Crippen molar-refractivity contribution in [2.75, 3.05) is 0 Å². The van der Waals surface area contributed by atoms with Crippen molar-refractivity contribution in [1.29, 1.82) is 0 Å². The largest absolute Gasteiger partial charge is 0.489 e. The average molecular weight is 261 g/mol. The molecule has 0 unspecified atom stereocenters. The number of fused-ring (bicyclic) bond motifs is 1. The zero-order valence-electron chi connectivity index (χ0n) is 11.0. The van der Waals surface area contributed by atoms with Crippen LogP contribution in [0.4, 0.5) is 0 Å². The summed E-state index contributed by atoms with van der Waals surface area (Å²) in [7, 11) is 1.64. The minimum atomic E-state index is -1.02. The molecule has 0 bridgehead atoms. The van der Waals surface area contributed by atoms with Crippen LogP contribution >= 0.6 is 0 Å². The highest BCUT2D eigenvalue weighted by Crippen LogP contribution is 2.27. The molecular weight excluding hydrogens is 246 g/mol. The minimum Gasteiger partial charge on any atom is -0.489 e. The van der Waals surface area contributed by atoms with Crippen LogP contribution in [0.25, 0.3) is 10.9 Å². The molecule has 19 heavy (non-hydrogen) atoms. The minimum absolute atomic E-state index is 0.109. The lowest BCUT2D eigenvalue weighted by Gasteiger charge is -2.15. The predicted octanol–water partition coefficient (Wildman–Crippen LogP) is 2.02. The normalized spacial score (nSPS) is 10.9. The molecule has 0 radical (unpaired) electrons. The molecule has 5 heteroatoms. The van der Waals surface area contributed by atoms with Crippen LogP contribution in [0.1, 0.15) is 24.2 Å². The maximum Gasteiger partial charge on any atom is 0.335 e. The van der Waals surface area contributed by atoms with Crippen molar-refractivity contribution < 1.29 is 14.6 Å². The SMILES string of the molecule is CC(C)Oc1cc(C(=O)O)cc2ccc(=O)n(C)c12. The van der Waals surface area contributed by atoms with Crippen LogP contribution in [0.2, 0.25) is 0 Å². The standard InChI is InChI=1S/C14H15NO4/c1-8(2)19-11-7-10(14(17)18)6-9-4-5-12(16)15(3)13(9)11/h4-8H,1-3H3,(H,17,18). The number of benzene rings is 1. The van der Waals surface area contributed by atoms with Crippen molar-refractivity contribution in [3.05, 3.63) is 40.2 Å². The van der Waals surface area contributed by atoms with E-state index in [2.05, 4.69) is 0 Å². The van der Waals surface area contributed by atoms with Gasteiger partial charge in [-0.25, -0.2) is 4.79 Å². The van der Waals surface area contributed by atoms with Crippen molar-refractivity contribution >= 4 is 16.9 Å². The second-order valence-corrected chi connectivity index (χ2v) is 4.61. The molecule has 0 aliphatic heterocycles. The number of nitrogens with zero attached hydrogens (tertiary/aromatic N) is 1. The predicted molar refractivity (Wildman–Crippen MR) is 71.9 cm³/mol. The second kappa shape index (κ2) is 4.76. The van der Waals surface area contributed by atoms with Gasteiger partial charge in [0.1, 0.15) is 5.75 Å². The van der Waals surface area contributed by atoms with Gasteiger partial charge in [-0.1, -0.05) is 0 Å². The fourth-order valence-corrected chi connectivity index (χ4v) is 1.97. The highest BCUT2D eigenvalue weighted by Gasteiger charge is 2.13. The summed E-state index contributed by atoms with van der Waals surface area (Å²) < 4.78 is 7.09. The van der Waals surface area contributed by atoms with Crippen molar-refractivity contribution in [3.8, 4) is 5.75 Å². The van der Waals surface area contributed by atoms with E-state index < -0.39 is 5.97 Å². The van der Waals surface area contributed by atoms with Gasteiger partial charge < -0.3 is 14.4 Å². The Balaban J connectivity index is 2.82. The maximum absolute atomic E-state index is 11.7. The molecule has 1 N–H and O–H groups in total. The summed E-state index contributed by atoms with van der Waals surface area (Å²) in [5.74, 6) is -0.616. The molecule has 0 aliphatic carbocycles. The molecule has 2 aromatic rings. The molecule has 2 rings (SSSR count). The van der Waals surface area contributed by atoms with Crippen molar-refractivity contribution in [1.82, 2.24) is 4.57 Å². The maximum atomic E-state index is 11.7. The highest BCUT2D eigenvalue weighted by atomic mass is 16.5. The number of carbonyl (C=O) groups is 1. The summed E-state index contributed by atoms with van der Waals surface area (Å²) in [5.41, 5.74) is 0.581. The average Bonchev–Trinajstić information content (AvgIpc) is 2.32. The Morgan fingerprint density at radius 3 is 2.58 bits per heavy atom. The van der Waals surface area contributed by atoms with E-state index in [-0.39, 0.29) is 17.2 Å². The Bertz CT molecular complexity index is 700. The lowest BCUT2D eigenvalue weighted by atomic mass is 10.1. The third kappa shape index (κ3) is 2.45. The first-order valence-electron chi connectivity index (χ1n) is 5.94. The molecule has 0 saturated heterocycles. The van der Waals surface area contributed by atoms with Crippen molar-refractivity contribution in [2.24, 2.45) is 7.05 Å². The monoisotopic (exact) mass is 261 g/mol. The van der Waals surface area contributed by atoms with Gasteiger partial charge in [0.15, 0.2) is 0 Å². The number of carboxylic acid groups (broad SMARTS) is 1. The number of aryl methyl sites for hydroxylation is 1. The smallest absolute Gasteiger partial charge is 0.335 e. The van der Waals surface area contributed by atoms with Crippen LogP contribution in [-0.4, -0.2) is 21.7 Å². The molecule has 0 spiro atoms. The summed E-state index contributed by atoms with van der Waals surface area (Å²) in [5, 5.41) is 9.77. The first-order valence-corrected chi connectivity index (χ1v) is 5.94. The van der Waals surface area contributed by atoms with E-state index in [9.17, 15) is 9.59 Å². The Morgan fingerprint density at radius 2 is 2.00 bits per heavy atom. The van der Waals surface area contributed by atoms with E-state index in [4.69, 9.17) is 9.84 Å². The third-order valence-electron chi connectivity index (χ3n) is 2.79. The van der Waals surface area contributed by atoms with Gasteiger partial charge >= 0.3 is 5.97 Å². The van der Waals surface area contributed by atoms with Crippen molar-refractivity contribution in [3.63, 3.8) is 0 Å². The number of ether oxygens (including phenoxy) is 1. The molecule has 1 heterocycles. The molecule has 1 aromatic carbocycles. The fraction of sp³-hybridized carbons (Fsp3) is 0.286. The Labute approximate surface area is 110 Å². The number of rotatable bonds is 3. The van der Waals surface area contributed by atoms with Gasteiger partial charge in [0.2, 0.25) is 0 Å². The summed E-state index contributed by atoms with van der Waals surface area (Å²) in [6, 6.07) is 6.00. The molecule has 100 valence electrons. The van der Waals surface area contributed by atoms with Crippen LogP contribution in [0.5, 0.6) is 5.75 Å². The lowest BCUT2D eigenvalue weighted by Crippen LogP contribution is -2.17. The van der Waals surface area contributed by atoms with Gasteiger partial charge in [-0.3, -0.25) is 4.79 Å². The Morgan fingerprint density at radius 1 is 1.32 bits per heavy atom. The molecule has 0 amide bonds. The summed E-state index contributed by atoms with van der Waals surface area (Å²) >= 11 is 0. The molecule has 0 fully saturated rings. The van der Waals surface area contributed by atoms with Gasteiger partial charge in [-0.05, 0) is 32.0 Å². The quantitative estimate of drug-likeness (QED) is 0.917. The molecule has 0 saturated carbocycles. The van der Waals surface area contributed by atoms with Crippen LogP contribution in [0.3, 0.4) is 0 Å². The summed E-state index contributed by atoms with van der Waals surface area (Å²) in [6.45, 7) is 3.70. The van der Waals surface area contributed by atoms with E-state index in [0.29, 0.717) is 16.7 Å². The van der Waals surface area contributed by atoms with Crippen LogP contribution in [0, 0.1) is 0 Å². The highest BCUT2D eigenvalue weighted by molar-refractivity contribution is 5.96. The molecule has 1 aromatic heterocycles. The number of carboxylic acids is 1. The molecular formula is C14H15NO4. The number of aromatic carboxylic acids is 1. The van der Waals surface area contributed by atoms with Gasteiger partial charge in [0.05, 0.1) is 17.2 Å². The molecule has 0 aliphatic rings. The number of aromatic nitrogens is 1. The lowest BCUT2D eigenvalue weighted by molar-refractivity contribution is 0.0696. The van der Waals surface area contributed by atoms with Crippen molar-refractivity contribution in [2.45, 2.75) is 20.0 Å². The molecule has 0 atom stereocenters. The van der Waals surface area contributed by atoms with Crippen LogP contribution in [0.15, 0.2) is 29.1 Å². The number of hydrogen-bond acceptors (Lipinski definition) is 3. The van der Waals surface area contributed by atoms with Gasteiger partial charge in [0.25, 0.3) is 5.56 Å². The van der Waals surface area contributed by atoms with E-state index in [1.807, 2.05) is 13.8 Å². The molecule has 5 nitrogen and oxygen atoms in total. The second-order valence-electron chi connectivity index (χ2n) is 4.61. The topological polar surface area (TPSA) is 68.5 Å². The van der Waals surface area contributed by atoms with Crippen LogP contribution in [-0.2, 0) is 7.05 Å². The Hall–Kier alpha value is -2.30. The Kier molecular flexibility index (Phi) is 3.29.